The largest absolute Gasteiger partial charge is 0.353 e. The highest BCUT2D eigenvalue weighted by Gasteiger charge is 2.48. The molecule has 2 unspecified atom stereocenters. The van der Waals surface area contributed by atoms with Crippen LogP contribution in [-0.4, -0.2) is 54.7 Å². The van der Waals surface area contributed by atoms with Crippen LogP contribution in [0.5, 0.6) is 0 Å². The van der Waals surface area contributed by atoms with Crippen molar-refractivity contribution in [1.82, 2.24) is 15.1 Å². The van der Waals surface area contributed by atoms with Crippen molar-refractivity contribution >= 4 is 0 Å². The van der Waals surface area contributed by atoms with E-state index in [-0.39, 0.29) is 5.79 Å². The summed E-state index contributed by atoms with van der Waals surface area (Å²) in [6, 6.07) is 2.26. The van der Waals surface area contributed by atoms with Crippen LogP contribution >= 0.6 is 0 Å². The van der Waals surface area contributed by atoms with E-state index >= 15 is 0 Å². The molecule has 2 fully saturated rings. The number of H-pyrrole nitrogens is 1. The standard InChI is InChI=1S/C18H31N3O2/c1-13(2)16-10-17(20-19-16)14-6-5-9-21(11-14)12-15-7-8-18(15,22-3)23-4/h10,13-15H,5-9,11-12H2,1-4H3,(H,19,20). The average molecular weight is 321 g/mol. The van der Waals surface area contributed by atoms with Gasteiger partial charge < -0.3 is 14.4 Å². The van der Waals surface area contributed by atoms with Gasteiger partial charge in [-0.15, -0.1) is 0 Å². The maximum Gasteiger partial charge on any atom is 0.171 e. The highest BCUT2D eigenvalue weighted by atomic mass is 16.7. The van der Waals surface area contributed by atoms with Crippen LogP contribution in [0.2, 0.25) is 0 Å². The third-order valence-corrected chi connectivity index (χ3v) is 5.79. The van der Waals surface area contributed by atoms with Gasteiger partial charge in [0.05, 0.1) is 5.69 Å². The molecule has 1 aromatic rings. The predicted molar refractivity (Wildman–Crippen MR) is 90.6 cm³/mol. The normalized spacial score (nSPS) is 28.0. The van der Waals surface area contributed by atoms with E-state index in [1.54, 1.807) is 14.2 Å². The number of rotatable bonds is 6. The van der Waals surface area contributed by atoms with Gasteiger partial charge in [0.25, 0.3) is 0 Å². The summed E-state index contributed by atoms with van der Waals surface area (Å²) in [6.07, 6.45) is 4.71. The Morgan fingerprint density at radius 2 is 2.13 bits per heavy atom. The summed E-state index contributed by atoms with van der Waals surface area (Å²) >= 11 is 0. The van der Waals surface area contributed by atoms with Crippen LogP contribution in [-0.2, 0) is 9.47 Å². The van der Waals surface area contributed by atoms with E-state index in [2.05, 4.69) is 35.0 Å². The number of piperidine rings is 1. The molecule has 1 aromatic heterocycles. The summed E-state index contributed by atoms with van der Waals surface area (Å²) in [5.74, 6) is 1.21. The number of aromatic nitrogens is 2. The molecule has 1 aliphatic heterocycles. The highest BCUT2D eigenvalue weighted by molar-refractivity contribution is 5.16. The zero-order valence-electron chi connectivity index (χ0n) is 15.0. The molecule has 0 amide bonds. The fourth-order valence-corrected chi connectivity index (χ4v) is 4.08. The molecule has 0 radical (unpaired) electrons. The van der Waals surface area contributed by atoms with Crippen molar-refractivity contribution in [2.24, 2.45) is 5.92 Å². The van der Waals surface area contributed by atoms with Crippen molar-refractivity contribution in [3.8, 4) is 0 Å². The summed E-state index contributed by atoms with van der Waals surface area (Å²) in [6.45, 7) is 7.75. The Labute approximate surface area is 139 Å². The summed E-state index contributed by atoms with van der Waals surface area (Å²) < 4.78 is 11.3. The second-order valence-electron chi connectivity index (χ2n) is 7.46. The minimum absolute atomic E-state index is 0.342. The van der Waals surface area contributed by atoms with Crippen molar-refractivity contribution in [2.45, 2.75) is 57.2 Å². The van der Waals surface area contributed by atoms with Gasteiger partial charge in [-0.25, -0.2) is 0 Å². The molecular weight excluding hydrogens is 290 g/mol. The van der Waals surface area contributed by atoms with Crippen LogP contribution in [0.25, 0.3) is 0 Å². The first-order valence-corrected chi connectivity index (χ1v) is 8.96. The van der Waals surface area contributed by atoms with Gasteiger partial charge in [0.15, 0.2) is 5.79 Å². The zero-order valence-corrected chi connectivity index (χ0v) is 15.0. The van der Waals surface area contributed by atoms with Gasteiger partial charge in [-0.3, -0.25) is 5.10 Å². The second-order valence-corrected chi connectivity index (χ2v) is 7.46. The van der Waals surface area contributed by atoms with Gasteiger partial charge in [-0.05, 0) is 37.8 Å². The molecule has 23 heavy (non-hydrogen) atoms. The maximum atomic E-state index is 5.65. The molecule has 1 saturated carbocycles. The molecule has 5 heteroatoms. The van der Waals surface area contributed by atoms with Gasteiger partial charge >= 0.3 is 0 Å². The molecule has 130 valence electrons. The van der Waals surface area contributed by atoms with E-state index in [9.17, 15) is 0 Å². The Morgan fingerprint density at radius 1 is 1.35 bits per heavy atom. The van der Waals surface area contributed by atoms with Crippen LogP contribution < -0.4 is 0 Å². The van der Waals surface area contributed by atoms with Crippen molar-refractivity contribution < 1.29 is 9.47 Å². The highest BCUT2D eigenvalue weighted by Crippen LogP contribution is 2.43. The van der Waals surface area contributed by atoms with E-state index in [1.165, 1.54) is 37.2 Å². The number of nitrogens with zero attached hydrogens (tertiary/aromatic N) is 2. The van der Waals surface area contributed by atoms with Crippen LogP contribution in [0.15, 0.2) is 6.07 Å². The lowest BCUT2D eigenvalue weighted by Gasteiger charge is -2.49. The quantitative estimate of drug-likeness (QED) is 0.818. The molecule has 5 nitrogen and oxygen atoms in total. The Kier molecular flexibility index (Phi) is 5.09. The van der Waals surface area contributed by atoms with Gasteiger partial charge in [-0.1, -0.05) is 13.8 Å². The maximum absolute atomic E-state index is 5.65. The van der Waals surface area contributed by atoms with Crippen molar-refractivity contribution in [1.29, 1.82) is 0 Å². The van der Waals surface area contributed by atoms with Gasteiger partial charge in [0.1, 0.15) is 0 Å². The summed E-state index contributed by atoms with van der Waals surface area (Å²) in [5, 5.41) is 7.74. The number of nitrogens with one attached hydrogen (secondary N) is 1. The molecule has 2 heterocycles. The molecule has 3 rings (SSSR count). The first kappa shape index (κ1) is 16.9. The first-order chi connectivity index (χ1) is 11.1. The third-order valence-electron chi connectivity index (χ3n) is 5.79. The monoisotopic (exact) mass is 321 g/mol. The van der Waals surface area contributed by atoms with E-state index < -0.39 is 0 Å². The van der Waals surface area contributed by atoms with Crippen LogP contribution in [0.1, 0.15) is 62.8 Å². The molecular formula is C18H31N3O2. The van der Waals surface area contributed by atoms with Gasteiger partial charge in [-0.2, -0.15) is 5.10 Å². The van der Waals surface area contributed by atoms with Crippen LogP contribution in [0.3, 0.4) is 0 Å². The minimum atomic E-state index is -0.342. The molecule has 0 bridgehead atoms. The molecule has 2 atom stereocenters. The number of hydrogen-bond acceptors (Lipinski definition) is 4. The fourth-order valence-electron chi connectivity index (χ4n) is 4.08. The number of aromatic amines is 1. The molecule has 1 N–H and O–H groups in total. The minimum Gasteiger partial charge on any atom is -0.353 e. The van der Waals surface area contributed by atoms with E-state index in [0.29, 0.717) is 17.8 Å². The van der Waals surface area contributed by atoms with E-state index in [0.717, 1.165) is 19.5 Å². The van der Waals surface area contributed by atoms with Crippen LogP contribution in [0, 0.1) is 5.92 Å². The van der Waals surface area contributed by atoms with Crippen molar-refractivity contribution in [3.05, 3.63) is 17.5 Å². The van der Waals surface area contributed by atoms with Gasteiger partial charge in [0.2, 0.25) is 0 Å². The molecule has 1 saturated heterocycles. The Balaban J connectivity index is 1.60. The summed E-state index contributed by atoms with van der Waals surface area (Å²) in [5.41, 5.74) is 2.48. The zero-order chi connectivity index (χ0) is 16.4. The summed E-state index contributed by atoms with van der Waals surface area (Å²) in [7, 11) is 3.54. The van der Waals surface area contributed by atoms with E-state index in [1.807, 2.05) is 0 Å². The lowest BCUT2D eigenvalue weighted by Crippen LogP contribution is -2.55. The number of hydrogen-bond donors (Lipinski definition) is 1. The van der Waals surface area contributed by atoms with Gasteiger partial charge in [0, 0.05) is 51.3 Å². The SMILES string of the molecule is COC1(OC)CCC1CN1CCCC(c2cc(C(C)C)n[nH]2)C1. The Morgan fingerprint density at radius 3 is 2.70 bits per heavy atom. The third kappa shape index (κ3) is 3.32. The van der Waals surface area contributed by atoms with E-state index in [4.69, 9.17) is 9.47 Å². The summed E-state index contributed by atoms with van der Waals surface area (Å²) in [4.78, 5) is 2.58. The molecule has 2 aliphatic rings. The number of methoxy groups -OCH3 is 2. The molecule has 0 aromatic carbocycles. The molecule has 1 aliphatic carbocycles. The number of ether oxygens (including phenoxy) is 2. The molecule has 0 spiro atoms. The Bertz CT molecular complexity index is 505. The lowest BCUT2D eigenvalue weighted by molar-refractivity contribution is -0.289. The first-order valence-electron chi connectivity index (χ1n) is 8.96. The van der Waals surface area contributed by atoms with Crippen LogP contribution in [0.4, 0.5) is 0 Å². The lowest BCUT2D eigenvalue weighted by atomic mass is 9.77. The number of likely N-dealkylation sites (tertiary alicyclic amines) is 1. The van der Waals surface area contributed by atoms with Crippen molar-refractivity contribution in [3.63, 3.8) is 0 Å². The second kappa shape index (κ2) is 6.91. The fraction of sp³-hybridized carbons (Fsp3) is 0.833. The predicted octanol–water partition coefficient (Wildman–Crippen LogP) is 3.11. The van der Waals surface area contributed by atoms with Crippen molar-refractivity contribution in [2.75, 3.05) is 33.9 Å². The topological polar surface area (TPSA) is 50.4 Å². The average Bonchev–Trinajstić information content (AvgIpc) is 3.04. The smallest absolute Gasteiger partial charge is 0.171 e. The Hall–Kier alpha value is -0.910.